The van der Waals surface area contributed by atoms with Crippen molar-refractivity contribution in [2.75, 3.05) is 26.7 Å². The van der Waals surface area contributed by atoms with Gasteiger partial charge in [-0.3, -0.25) is 0 Å². The number of nitrogens with zero attached hydrogens (tertiary/aromatic N) is 2. The third-order valence-electron chi connectivity index (χ3n) is 5.23. The number of benzene rings is 2. The van der Waals surface area contributed by atoms with Gasteiger partial charge in [0, 0.05) is 36.6 Å². The summed E-state index contributed by atoms with van der Waals surface area (Å²) in [5.41, 5.74) is 2.82. The Bertz CT molecular complexity index is 1240. The van der Waals surface area contributed by atoms with Gasteiger partial charge in [-0.2, -0.15) is 0 Å². The van der Waals surface area contributed by atoms with Crippen molar-refractivity contribution in [3.8, 4) is 34.3 Å². The fourth-order valence-electron chi connectivity index (χ4n) is 3.65. The molecule has 0 saturated carbocycles. The summed E-state index contributed by atoms with van der Waals surface area (Å²) < 4.78 is 24.1. The van der Waals surface area contributed by atoms with E-state index in [9.17, 15) is 4.79 Å². The molecule has 1 aromatic heterocycles. The van der Waals surface area contributed by atoms with Crippen LogP contribution in [0, 0.1) is 0 Å². The SMILES string of the molecule is CCNC(=O)NCCCn1c(-c2ccc3c(c2)OCO3)cs/c1=N\c1ccc2c(c1)OCO2. The van der Waals surface area contributed by atoms with Crippen molar-refractivity contribution in [1.82, 2.24) is 15.2 Å². The number of ether oxygens (including phenoxy) is 4. The Morgan fingerprint density at radius 1 is 1.00 bits per heavy atom. The minimum absolute atomic E-state index is 0.158. The second-order valence-electron chi connectivity index (χ2n) is 7.41. The second kappa shape index (κ2) is 9.45. The predicted molar refractivity (Wildman–Crippen MR) is 123 cm³/mol. The zero-order valence-corrected chi connectivity index (χ0v) is 18.9. The zero-order chi connectivity index (χ0) is 22.6. The van der Waals surface area contributed by atoms with Crippen LogP contribution in [0.3, 0.4) is 0 Å². The van der Waals surface area contributed by atoms with Gasteiger partial charge in [0.2, 0.25) is 13.6 Å². The van der Waals surface area contributed by atoms with Crippen molar-refractivity contribution in [3.63, 3.8) is 0 Å². The van der Waals surface area contributed by atoms with Gasteiger partial charge in [-0.25, -0.2) is 9.79 Å². The lowest BCUT2D eigenvalue weighted by atomic mass is 10.1. The van der Waals surface area contributed by atoms with Crippen LogP contribution in [-0.2, 0) is 6.54 Å². The fourth-order valence-corrected chi connectivity index (χ4v) is 4.60. The molecule has 10 heteroatoms. The fraction of sp³-hybridized carbons (Fsp3) is 0.304. The van der Waals surface area contributed by atoms with E-state index in [-0.39, 0.29) is 19.6 Å². The predicted octanol–water partition coefficient (Wildman–Crippen LogP) is 3.62. The van der Waals surface area contributed by atoms with Gasteiger partial charge in [0.1, 0.15) is 0 Å². The first-order valence-corrected chi connectivity index (χ1v) is 11.6. The molecule has 0 saturated heterocycles. The first-order chi connectivity index (χ1) is 16.2. The van der Waals surface area contributed by atoms with Crippen molar-refractivity contribution in [2.24, 2.45) is 4.99 Å². The first-order valence-electron chi connectivity index (χ1n) is 10.8. The average Bonchev–Trinajstić information content (AvgIpc) is 3.56. The molecule has 0 atom stereocenters. The Morgan fingerprint density at radius 2 is 1.73 bits per heavy atom. The van der Waals surface area contributed by atoms with Gasteiger partial charge in [0.15, 0.2) is 27.8 Å². The smallest absolute Gasteiger partial charge is 0.314 e. The molecule has 2 aliphatic rings. The molecule has 3 aromatic rings. The third-order valence-corrected chi connectivity index (χ3v) is 6.09. The molecule has 0 fully saturated rings. The van der Waals surface area contributed by atoms with E-state index in [2.05, 4.69) is 20.6 Å². The van der Waals surface area contributed by atoms with Gasteiger partial charge < -0.3 is 34.1 Å². The maximum absolute atomic E-state index is 11.7. The van der Waals surface area contributed by atoms with E-state index in [0.717, 1.165) is 45.4 Å². The van der Waals surface area contributed by atoms with Gasteiger partial charge in [0.25, 0.3) is 0 Å². The van der Waals surface area contributed by atoms with Crippen molar-refractivity contribution in [1.29, 1.82) is 0 Å². The van der Waals surface area contributed by atoms with Crippen LogP contribution in [0.25, 0.3) is 11.3 Å². The van der Waals surface area contributed by atoms with Crippen LogP contribution >= 0.6 is 11.3 Å². The average molecular weight is 469 g/mol. The molecule has 0 spiro atoms. The summed E-state index contributed by atoms with van der Waals surface area (Å²) in [6.45, 7) is 4.19. The molecule has 5 rings (SSSR count). The number of urea groups is 1. The van der Waals surface area contributed by atoms with Crippen LogP contribution in [0.1, 0.15) is 13.3 Å². The highest BCUT2D eigenvalue weighted by Gasteiger charge is 2.17. The number of hydrogen-bond donors (Lipinski definition) is 2. The Labute approximate surface area is 194 Å². The first kappa shape index (κ1) is 21.2. The molecule has 3 heterocycles. The summed E-state index contributed by atoms with van der Waals surface area (Å²) >= 11 is 1.56. The van der Waals surface area contributed by atoms with Crippen molar-refractivity contribution >= 4 is 23.1 Å². The summed E-state index contributed by atoms with van der Waals surface area (Å²) in [4.78, 5) is 17.4. The largest absolute Gasteiger partial charge is 0.454 e. The Hall–Kier alpha value is -3.66. The quantitative estimate of drug-likeness (QED) is 0.517. The van der Waals surface area contributed by atoms with Crippen LogP contribution in [-0.4, -0.2) is 37.3 Å². The number of nitrogens with one attached hydrogen (secondary N) is 2. The van der Waals surface area contributed by atoms with Gasteiger partial charge >= 0.3 is 6.03 Å². The Balaban J connectivity index is 1.45. The van der Waals surface area contributed by atoms with Gasteiger partial charge in [-0.1, -0.05) is 0 Å². The molecule has 2 aromatic carbocycles. The third kappa shape index (κ3) is 4.61. The van der Waals surface area contributed by atoms with E-state index in [1.807, 2.05) is 43.3 Å². The standard InChI is InChI=1S/C23H24N4O5S/c1-2-24-22(28)25-8-3-9-27-17(15-4-6-18-20(10-15)31-13-29-18)12-33-23(27)26-16-5-7-19-21(11-16)32-14-30-19/h4-7,10-12H,2-3,8-9,13-14H2,1H3,(H2,24,25,28)/b26-23-. The highest BCUT2D eigenvalue weighted by Crippen LogP contribution is 2.37. The molecule has 0 unspecified atom stereocenters. The van der Waals surface area contributed by atoms with Crippen LogP contribution in [0.4, 0.5) is 10.5 Å². The number of aromatic nitrogens is 1. The highest BCUT2D eigenvalue weighted by atomic mass is 32.1. The number of fused-ring (bicyclic) bond motifs is 2. The molecule has 9 nitrogen and oxygen atoms in total. The highest BCUT2D eigenvalue weighted by molar-refractivity contribution is 7.07. The molecular formula is C23H24N4O5S. The molecule has 172 valence electrons. The van der Waals surface area contributed by atoms with E-state index in [1.54, 1.807) is 11.3 Å². The summed E-state index contributed by atoms with van der Waals surface area (Å²) in [7, 11) is 0. The van der Waals surface area contributed by atoms with Crippen LogP contribution < -0.4 is 34.4 Å². The van der Waals surface area contributed by atoms with Gasteiger partial charge in [-0.15, -0.1) is 11.3 Å². The van der Waals surface area contributed by atoms with E-state index in [4.69, 9.17) is 23.9 Å². The maximum atomic E-state index is 11.7. The molecule has 33 heavy (non-hydrogen) atoms. The van der Waals surface area contributed by atoms with E-state index in [1.165, 1.54) is 0 Å². The Kier molecular flexibility index (Phi) is 6.07. The Morgan fingerprint density at radius 3 is 2.52 bits per heavy atom. The zero-order valence-electron chi connectivity index (χ0n) is 18.1. The van der Waals surface area contributed by atoms with Crippen molar-refractivity contribution in [3.05, 3.63) is 46.6 Å². The minimum Gasteiger partial charge on any atom is -0.454 e. The summed E-state index contributed by atoms with van der Waals surface area (Å²) in [6, 6.07) is 11.4. The summed E-state index contributed by atoms with van der Waals surface area (Å²) in [5, 5.41) is 7.71. The van der Waals surface area contributed by atoms with E-state index < -0.39 is 0 Å². The topological polar surface area (TPSA) is 95.3 Å². The normalized spacial score (nSPS) is 13.9. The van der Waals surface area contributed by atoms with Crippen molar-refractivity contribution < 1.29 is 23.7 Å². The van der Waals surface area contributed by atoms with Crippen LogP contribution in [0.2, 0.25) is 0 Å². The minimum atomic E-state index is -0.158. The van der Waals surface area contributed by atoms with Gasteiger partial charge in [-0.05, 0) is 43.7 Å². The number of carbonyl (C=O) groups excluding carboxylic acids is 1. The summed E-state index contributed by atoms with van der Waals surface area (Å²) in [5.74, 6) is 2.90. The van der Waals surface area contributed by atoms with Crippen molar-refractivity contribution in [2.45, 2.75) is 19.9 Å². The molecular weight excluding hydrogens is 444 g/mol. The molecule has 0 radical (unpaired) electrons. The second-order valence-corrected chi connectivity index (χ2v) is 8.25. The molecule has 2 N–H and O–H groups in total. The number of amides is 2. The number of thiazole rings is 1. The number of hydrogen-bond acceptors (Lipinski definition) is 7. The monoisotopic (exact) mass is 468 g/mol. The summed E-state index contributed by atoms with van der Waals surface area (Å²) in [6.07, 6.45) is 0.750. The van der Waals surface area contributed by atoms with Gasteiger partial charge in [0.05, 0.1) is 11.4 Å². The molecule has 0 bridgehead atoms. The van der Waals surface area contributed by atoms with E-state index >= 15 is 0 Å². The molecule has 0 aliphatic carbocycles. The lowest BCUT2D eigenvalue weighted by Gasteiger charge is -2.11. The van der Waals surface area contributed by atoms with Crippen LogP contribution in [0.5, 0.6) is 23.0 Å². The molecule has 2 aliphatic heterocycles. The van der Waals surface area contributed by atoms with Crippen LogP contribution in [0.15, 0.2) is 46.8 Å². The lowest BCUT2D eigenvalue weighted by Crippen LogP contribution is -2.36. The van der Waals surface area contributed by atoms with E-state index in [0.29, 0.717) is 25.4 Å². The lowest BCUT2D eigenvalue weighted by molar-refractivity contribution is 0.173. The molecule has 2 amide bonds. The number of carbonyl (C=O) groups is 1. The number of rotatable bonds is 7. The maximum Gasteiger partial charge on any atom is 0.314 e.